The van der Waals surface area contributed by atoms with Gasteiger partial charge in [0, 0.05) is 23.3 Å². The summed E-state index contributed by atoms with van der Waals surface area (Å²) in [5.41, 5.74) is 2.06. The highest BCUT2D eigenvalue weighted by Crippen LogP contribution is 2.39. The van der Waals surface area contributed by atoms with Crippen LogP contribution in [0, 0.1) is 0 Å². The summed E-state index contributed by atoms with van der Waals surface area (Å²) in [6, 6.07) is 8.67. The monoisotopic (exact) mass is 412 g/mol. The van der Waals surface area contributed by atoms with Gasteiger partial charge in [-0.05, 0) is 36.8 Å². The van der Waals surface area contributed by atoms with Crippen LogP contribution in [-0.4, -0.2) is 37.7 Å². The minimum atomic E-state index is -0.514. The Bertz CT molecular complexity index is 1020. The van der Waals surface area contributed by atoms with Crippen LogP contribution in [-0.2, 0) is 4.74 Å². The Morgan fingerprint density at radius 1 is 1.14 bits per heavy atom. The third kappa shape index (κ3) is 4.38. The average molecular weight is 412 g/mol. The second-order valence-corrected chi connectivity index (χ2v) is 6.72. The van der Waals surface area contributed by atoms with Crippen molar-refractivity contribution in [2.24, 2.45) is 0 Å². The molecule has 1 aromatic carbocycles. The second-order valence-electron chi connectivity index (χ2n) is 5.84. The van der Waals surface area contributed by atoms with E-state index in [1.165, 1.54) is 17.5 Å². The van der Waals surface area contributed by atoms with Crippen molar-refractivity contribution in [3.05, 3.63) is 59.2 Å². The average Bonchev–Trinajstić information content (AvgIpc) is 3.17. The van der Waals surface area contributed by atoms with E-state index in [2.05, 4.69) is 10.3 Å². The number of esters is 1. The van der Waals surface area contributed by atoms with Crippen LogP contribution in [0.4, 0.5) is 5.00 Å². The summed E-state index contributed by atoms with van der Waals surface area (Å²) in [4.78, 5) is 29.2. The minimum Gasteiger partial charge on any atom is -0.493 e. The molecule has 150 valence electrons. The summed E-state index contributed by atoms with van der Waals surface area (Å²) in [6.45, 7) is 1.95. The molecule has 3 rings (SSSR count). The topological polar surface area (TPSA) is 86.8 Å². The third-order valence-corrected chi connectivity index (χ3v) is 5.01. The van der Waals surface area contributed by atoms with E-state index in [-0.39, 0.29) is 12.5 Å². The van der Waals surface area contributed by atoms with Crippen molar-refractivity contribution in [3.63, 3.8) is 0 Å². The lowest BCUT2D eigenvalue weighted by molar-refractivity contribution is 0.0529. The number of carbonyl (C=O) groups excluding carboxylic acids is 2. The number of benzene rings is 1. The lowest BCUT2D eigenvalue weighted by atomic mass is 10.0. The number of methoxy groups -OCH3 is 2. The zero-order valence-corrected chi connectivity index (χ0v) is 17.0. The Labute approximate surface area is 172 Å². The molecule has 0 saturated heterocycles. The first kappa shape index (κ1) is 20.3. The van der Waals surface area contributed by atoms with Crippen LogP contribution < -0.4 is 14.8 Å². The molecule has 0 saturated carbocycles. The molecule has 0 aliphatic carbocycles. The van der Waals surface area contributed by atoms with Crippen LogP contribution in [0.3, 0.4) is 0 Å². The van der Waals surface area contributed by atoms with Gasteiger partial charge in [-0.25, -0.2) is 4.79 Å². The van der Waals surface area contributed by atoms with E-state index < -0.39 is 5.97 Å². The molecule has 0 aliphatic rings. The van der Waals surface area contributed by atoms with Gasteiger partial charge < -0.3 is 19.5 Å². The predicted octanol–water partition coefficient (Wildman–Crippen LogP) is 4.26. The van der Waals surface area contributed by atoms with Gasteiger partial charge in [0.05, 0.1) is 26.4 Å². The molecule has 29 heavy (non-hydrogen) atoms. The highest BCUT2D eigenvalue weighted by molar-refractivity contribution is 7.15. The van der Waals surface area contributed by atoms with Crippen molar-refractivity contribution in [1.82, 2.24) is 4.98 Å². The number of ether oxygens (including phenoxy) is 3. The molecule has 0 atom stereocenters. The lowest BCUT2D eigenvalue weighted by Crippen LogP contribution is -2.15. The summed E-state index contributed by atoms with van der Waals surface area (Å²) in [5, 5.41) is 4.99. The van der Waals surface area contributed by atoms with Gasteiger partial charge >= 0.3 is 5.97 Å². The number of rotatable bonds is 7. The van der Waals surface area contributed by atoms with Crippen LogP contribution >= 0.6 is 11.3 Å². The fourth-order valence-corrected chi connectivity index (χ4v) is 3.70. The minimum absolute atomic E-state index is 0.218. The molecular weight excluding hydrogens is 392 g/mol. The number of nitrogens with one attached hydrogen (secondary N) is 1. The zero-order chi connectivity index (χ0) is 20.8. The number of aromatic nitrogens is 1. The third-order valence-electron chi connectivity index (χ3n) is 4.12. The summed E-state index contributed by atoms with van der Waals surface area (Å²) in [5.74, 6) is 0.241. The maximum atomic E-state index is 12.7. The fraction of sp³-hybridized carbons (Fsp3) is 0.190. The molecule has 0 fully saturated rings. The van der Waals surface area contributed by atoms with Crippen molar-refractivity contribution in [2.45, 2.75) is 6.92 Å². The molecule has 0 unspecified atom stereocenters. The molecule has 1 N–H and O–H groups in total. The van der Waals surface area contributed by atoms with Crippen molar-refractivity contribution < 1.29 is 23.8 Å². The molecule has 0 radical (unpaired) electrons. The van der Waals surface area contributed by atoms with Gasteiger partial charge in [0.25, 0.3) is 5.91 Å². The summed E-state index contributed by atoms with van der Waals surface area (Å²) in [7, 11) is 3.10. The fourth-order valence-electron chi connectivity index (χ4n) is 2.74. The normalized spacial score (nSPS) is 10.3. The number of amides is 1. The Morgan fingerprint density at radius 2 is 1.93 bits per heavy atom. The van der Waals surface area contributed by atoms with Crippen LogP contribution in [0.15, 0.2) is 48.1 Å². The maximum Gasteiger partial charge on any atom is 0.341 e. The van der Waals surface area contributed by atoms with Gasteiger partial charge in [0.2, 0.25) is 0 Å². The molecular formula is C21H20N2O5S. The van der Waals surface area contributed by atoms with Crippen LogP contribution in [0.5, 0.6) is 11.5 Å². The Hall–Kier alpha value is -3.39. The Kier molecular flexibility index (Phi) is 6.46. The number of thiophene rings is 1. The van der Waals surface area contributed by atoms with E-state index in [4.69, 9.17) is 14.2 Å². The standard InChI is InChI=1S/C21H20N2O5S/c1-4-28-21(25)18-15(13-7-8-16(26-2)17(10-13)27-3)12-29-20(18)23-19(24)14-6-5-9-22-11-14/h5-12H,4H2,1-3H3,(H,23,24). The molecule has 7 nitrogen and oxygen atoms in total. The van der Waals surface area contributed by atoms with E-state index in [0.29, 0.717) is 33.2 Å². The van der Waals surface area contributed by atoms with E-state index in [0.717, 1.165) is 5.56 Å². The van der Waals surface area contributed by atoms with Crippen molar-refractivity contribution in [3.8, 4) is 22.6 Å². The highest BCUT2D eigenvalue weighted by Gasteiger charge is 2.24. The zero-order valence-electron chi connectivity index (χ0n) is 16.2. The first-order valence-electron chi connectivity index (χ1n) is 8.81. The molecule has 1 amide bonds. The van der Waals surface area contributed by atoms with E-state index in [1.54, 1.807) is 57.0 Å². The molecule has 2 aromatic heterocycles. The number of hydrogen-bond acceptors (Lipinski definition) is 7. The highest BCUT2D eigenvalue weighted by atomic mass is 32.1. The van der Waals surface area contributed by atoms with E-state index in [1.807, 2.05) is 6.07 Å². The van der Waals surface area contributed by atoms with Crippen molar-refractivity contribution in [2.75, 3.05) is 26.1 Å². The van der Waals surface area contributed by atoms with Crippen LogP contribution in [0.25, 0.3) is 11.1 Å². The van der Waals surface area contributed by atoms with Gasteiger partial charge in [0.15, 0.2) is 11.5 Å². The molecule has 3 aromatic rings. The predicted molar refractivity (Wildman–Crippen MR) is 111 cm³/mol. The quantitative estimate of drug-likeness (QED) is 0.584. The van der Waals surface area contributed by atoms with E-state index in [9.17, 15) is 9.59 Å². The largest absolute Gasteiger partial charge is 0.493 e. The SMILES string of the molecule is CCOC(=O)c1c(-c2ccc(OC)c(OC)c2)csc1NC(=O)c1cccnc1. The number of anilines is 1. The van der Waals surface area contributed by atoms with Gasteiger partial charge in [-0.2, -0.15) is 0 Å². The molecule has 8 heteroatoms. The van der Waals surface area contributed by atoms with Crippen molar-refractivity contribution in [1.29, 1.82) is 0 Å². The summed E-state index contributed by atoms with van der Waals surface area (Å²) < 4.78 is 15.9. The van der Waals surface area contributed by atoms with Crippen LogP contribution in [0.1, 0.15) is 27.6 Å². The van der Waals surface area contributed by atoms with Gasteiger partial charge in [-0.1, -0.05) is 6.07 Å². The number of nitrogens with zero attached hydrogens (tertiary/aromatic N) is 1. The summed E-state index contributed by atoms with van der Waals surface area (Å²) in [6.07, 6.45) is 3.05. The van der Waals surface area contributed by atoms with Gasteiger partial charge in [-0.3, -0.25) is 9.78 Å². The maximum absolute atomic E-state index is 12.7. The van der Waals surface area contributed by atoms with E-state index >= 15 is 0 Å². The smallest absolute Gasteiger partial charge is 0.341 e. The first-order valence-corrected chi connectivity index (χ1v) is 9.69. The number of hydrogen-bond donors (Lipinski definition) is 1. The Morgan fingerprint density at radius 3 is 2.59 bits per heavy atom. The van der Waals surface area contributed by atoms with Crippen molar-refractivity contribution >= 4 is 28.2 Å². The summed E-state index contributed by atoms with van der Waals surface area (Å²) >= 11 is 1.25. The number of carbonyl (C=O) groups is 2. The molecule has 0 spiro atoms. The molecule has 0 aliphatic heterocycles. The van der Waals surface area contributed by atoms with Gasteiger partial charge in [0.1, 0.15) is 10.6 Å². The molecule has 2 heterocycles. The lowest BCUT2D eigenvalue weighted by Gasteiger charge is -2.11. The van der Waals surface area contributed by atoms with Crippen LogP contribution in [0.2, 0.25) is 0 Å². The second kappa shape index (κ2) is 9.20. The number of pyridine rings is 1. The first-order chi connectivity index (χ1) is 14.1. The Balaban J connectivity index is 2.02. The molecule has 0 bridgehead atoms. The van der Waals surface area contributed by atoms with Gasteiger partial charge in [-0.15, -0.1) is 11.3 Å².